The van der Waals surface area contributed by atoms with Gasteiger partial charge in [-0.15, -0.1) is 0 Å². The standard InChI is InChI=1S/C22H18ClN3O2/c1-14-19(6-3-7-20(14)24)21-25-22(28-26-21)16-5-2-4-15(12-16)13-27-18-10-8-17(23)9-11-18/h2-12H,13,24H2,1H3. The molecule has 2 N–H and O–H groups in total. The Morgan fingerprint density at radius 2 is 1.82 bits per heavy atom. The fourth-order valence-electron chi connectivity index (χ4n) is 2.84. The van der Waals surface area contributed by atoms with Gasteiger partial charge >= 0.3 is 0 Å². The molecule has 28 heavy (non-hydrogen) atoms. The molecule has 0 fully saturated rings. The van der Waals surface area contributed by atoms with Crippen LogP contribution in [0.2, 0.25) is 5.02 Å². The number of halogens is 1. The number of rotatable bonds is 5. The molecule has 140 valence electrons. The molecular formula is C22H18ClN3O2. The average molecular weight is 392 g/mol. The van der Waals surface area contributed by atoms with Gasteiger partial charge in [-0.1, -0.05) is 41.0 Å². The van der Waals surface area contributed by atoms with E-state index in [-0.39, 0.29) is 0 Å². The van der Waals surface area contributed by atoms with Gasteiger partial charge in [0, 0.05) is 21.8 Å². The maximum Gasteiger partial charge on any atom is 0.258 e. The number of aromatic nitrogens is 2. The summed E-state index contributed by atoms with van der Waals surface area (Å²) < 4.78 is 11.3. The monoisotopic (exact) mass is 391 g/mol. The first kappa shape index (κ1) is 18.1. The first-order valence-electron chi connectivity index (χ1n) is 8.77. The molecule has 4 rings (SSSR count). The van der Waals surface area contributed by atoms with E-state index in [0.29, 0.717) is 29.0 Å². The van der Waals surface area contributed by atoms with Crippen molar-refractivity contribution in [2.24, 2.45) is 0 Å². The summed E-state index contributed by atoms with van der Waals surface area (Å²) in [6.07, 6.45) is 0. The van der Waals surface area contributed by atoms with E-state index in [9.17, 15) is 0 Å². The zero-order valence-corrected chi connectivity index (χ0v) is 16.0. The normalized spacial score (nSPS) is 10.8. The molecule has 0 aliphatic heterocycles. The first-order valence-corrected chi connectivity index (χ1v) is 9.15. The molecule has 0 atom stereocenters. The molecule has 4 aromatic rings. The quantitative estimate of drug-likeness (QED) is 0.453. The summed E-state index contributed by atoms with van der Waals surface area (Å²) in [7, 11) is 0. The molecule has 0 unspecified atom stereocenters. The molecule has 0 aliphatic rings. The Kier molecular flexibility index (Phi) is 5.00. The van der Waals surface area contributed by atoms with Crippen molar-refractivity contribution < 1.29 is 9.26 Å². The van der Waals surface area contributed by atoms with E-state index in [1.54, 1.807) is 12.1 Å². The van der Waals surface area contributed by atoms with Gasteiger partial charge < -0.3 is 15.0 Å². The van der Waals surface area contributed by atoms with Gasteiger partial charge in [-0.05, 0) is 60.5 Å². The predicted octanol–water partition coefficient (Wildman–Crippen LogP) is 5.53. The summed E-state index contributed by atoms with van der Waals surface area (Å²) in [5.41, 5.74) is 10.3. The van der Waals surface area contributed by atoms with Gasteiger partial charge in [0.1, 0.15) is 12.4 Å². The van der Waals surface area contributed by atoms with Crippen molar-refractivity contribution in [3.05, 3.63) is 82.9 Å². The van der Waals surface area contributed by atoms with E-state index in [1.165, 1.54) is 0 Å². The van der Waals surface area contributed by atoms with Crippen molar-refractivity contribution in [1.29, 1.82) is 0 Å². The van der Waals surface area contributed by atoms with Crippen molar-refractivity contribution >= 4 is 17.3 Å². The van der Waals surface area contributed by atoms with Gasteiger partial charge in [0.2, 0.25) is 5.82 Å². The number of nitrogens with two attached hydrogens (primary N) is 1. The topological polar surface area (TPSA) is 74.2 Å². The number of hydrogen-bond acceptors (Lipinski definition) is 5. The molecule has 0 saturated heterocycles. The highest BCUT2D eigenvalue weighted by Crippen LogP contribution is 2.27. The van der Waals surface area contributed by atoms with Gasteiger partial charge in [0.25, 0.3) is 5.89 Å². The van der Waals surface area contributed by atoms with E-state index in [4.69, 9.17) is 26.6 Å². The molecule has 0 saturated carbocycles. The Balaban J connectivity index is 1.54. The van der Waals surface area contributed by atoms with Crippen molar-refractivity contribution in [3.63, 3.8) is 0 Å². The molecule has 1 heterocycles. The molecule has 0 radical (unpaired) electrons. The number of ether oxygens (including phenoxy) is 1. The SMILES string of the molecule is Cc1c(N)cccc1-c1noc(-c2cccc(COc3ccc(Cl)cc3)c2)n1. The lowest BCUT2D eigenvalue weighted by atomic mass is 10.1. The van der Waals surface area contributed by atoms with Gasteiger partial charge in [0.15, 0.2) is 0 Å². The largest absolute Gasteiger partial charge is 0.489 e. The van der Waals surface area contributed by atoms with Gasteiger partial charge in [0.05, 0.1) is 0 Å². The van der Waals surface area contributed by atoms with Crippen LogP contribution in [-0.2, 0) is 6.61 Å². The van der Waals surface area contributed by atoms with E-state index in [1.807, 2.05) is 61.5 Å². The van der Waals surface area contributed by atoms with Crippen molar-refractivity contribution in [1.82, 2.24) is 10.1 Å². The molecule has 6 heteroatoms. The van der Waals surface area contributed by atoms with Crippen molar-refractivity contribution in [3.8, 4) is 28.6 Å². The Morgan fingerprint density at radius 1 is 1.04 bits per heavy atom. The molecular weight excluding hydrogens is 374 g/mol. The highest BCUT2D eigenvalue weighted by molar-refractivity contribution is 6.30. The van der Waals surface area contributed by atoms with Crippen molar-refractivity contribution in [2.75, 3.05) is 5.73 Å². The molecule has 3 aromatic carbocycles. The Bertz CT molecular complexity index is 1110. The smallest absolute Gasteiger partial charge is 0.258 e. The third kappa shape index (κ3) is 3.85. The van der Waals surface area contributed by atoms with Crippen LogP contribution >= 0.6 is 11.6 Å². The van der Waals surface area contributed by atoms with Crippen LogP contribution in [0.1, 0.15) is 11.1 Å². The lowest BCUT2D eigenvalue weighted by Crippen LogP contribution is -1.95. The zero-order chi connectivity index (χ0) is 19.5. The third-order valence-electron chi connectivity index (χ3n) is 4.44. The number of hydrogen-bond donors (Lipinski definition) is 1. The highest BCUT2D eigenvalue weighted by Gasteiger charge is 2.13. The fourth-order valence-corrected chi connectivity index (χ4v) is 2.96. The lowest BCUT2D eigenvalue weighted by Gasteiger charge is -2.07. The number of nitrogens with zero attached hydrogens (tertiary/aromatic N) is 2. The Morgan fingerprint density at radius 3 is 2.64 bits per heavy atom. The third-order valence-corrected chi connectivity index (χ3v) is 4.69. The minimum Gasteiger partial charge on any atom is -0.489 e. The zero-order valence-electron chi connectivity index (χ0n) is 15.2. The minimum absolute atomic E-state index is 0.421. The molecule has 5 nitrogen and oxygen atoms in total. The number of nitrogen functional groups attached to an aromatic ring is 1. The summed E-state index contributed by atoms with van der Waals surface area (Å²) in [4.78, 5) is 4.53. The second-order valence-corrected chi connectivity index (χ2v) is 6.82. The number of anilines is 1. The van der Waals surface area contributed by atoms with E-state index in [2.05, 4.69) is 10.1 Å². The van der Waals surface area contributed by atoms with Gasteiger partial charge in [-0.25, -0.2) is 0 Å². The highest BCUT2D eigenvalue weighted by atomic mass is 35.5. The lowest BCUT2D eigenvalue weighted by molar-refractivity contribution is 0.306. The maximum absolute atomic E-state index is 5.98. The number of benzene rings is 3. The molecule has 0 spiro atoms. The minimum atomic E-state index is 0.421. The summed E-state index contributed by atoms with van der Waals surface area (Å²) in [5, 5.41) is 4.79. The second-order valence-electron chi connectivity index (χ2n) is 6.39. The van der Waals surface area contributed by atoms with Crippen LogP contribution < -0.4 is 10.5 Å². The molecule has 0 amide bonds. The van der Waals surface area contributed by atoms with Crippen molar-refractivity contribution in [2.45, 2.75) is 13.5 Å². The molecule has 1 aromatic heterocycles. The summed E-state index contributed by atoms with van der Waals surface area (Å²) >= 11 is 5.90. The summed E-state index contributed by atoms with van der Waals surface area (Å²) in [6.45, 7) is 2.36. The van der Waals surface area contributed by atoms with Gasteiger partial charge in [-0.3, -0.25) is 0 Å². The van der Waals surface area contributed by atoms with E-state index >= 15 is 0 Å². The fraction of sp³-hybridized carbons (Fsp3) is 0.0909. The van der Waals surface area contributed by atoms with Crippen LogP contribution in [0.15, 0.2) is 71.3 Å². The summed E-state index contributed by atoms with van der Waals surface area (Å²) in [5.74, 6) is 1.72. The Labute approximate surface area is 167 Å². The van der Waals surface area contributed by atoms with Crippen LogP contribution in [0.4, 0.5) is 5.69 Å². The maximum atomic E-state index is 5.98. The van der Waals surface area contributed by atoms with E-state index < -0.39 is 0 Å². The molecule has 0 bridgehead atoms. The average Bonchev–Trinajstić information content (AvgIpc) is 3.20. The van der Waals surface area contributed by atoms with Crippen LogP contribution in [0.5, 0.6) is 5.75 Å². The Hall–Kier alpha value is -3.31. The van der Waals surface area contributed by atoms with Crippen LogP contribution in [0.3, 0.4) is 0 Å². The van der Waals surface area contributed by atoms with Gasteiger partial charge in [-0.2, -0.15) is 4.98 Å². The predicted molar refractivity (Wildman–Crippen MR) is 110 cm³/mol. The second kappa shape index (κ2) is 7.74. The van der Waals surface area contributed by atoms with Crippen LogP contribution in [-0.4, -0.2) is 10.1 Å². The first-order chi connectivity index (χ1) is 13.6. The van der Waals surface area contributed by atoms with Crippen LogP contribution in [0, 0.1) is 6.92 Å². The summed E-state index contributed by atoms with van der Waals surface area (Å²) in [6, 6.07) is 20.7. The van der Waals surface area contributed by atoms with E-state index in [0.717, 1.165) is 28.0 Å². The molecule has 0 aliphatic carbocycles. The van der Waals surface area contributed by atoms with Crippen LogP contribution in [0.25, 0.3) is 22.8 Å².